The lowest BCUT2D eigenvalue weighted by molar-refractivity contribution is -0.136. The maximum Gasteiger partial charge on any atom is 0.255 e. The zero-order valence-electron chi connectivity index (χ0n) is 21.4. The molecule has 1 N–H and O–H groups in total. The highest BCUT2D eigenvalue weighted by molar-refractivity contribution is 6.05. The minimum atomic E-state index is -1.88. The molecule has 0 aromatic heterocycles. The molecule has 2 unspecified atom stereocenters. The van der Waals surface area contributed by atoms with Crippen molar-refractivity contribution in [3.63, 3.8) is 0 Å². The molecule has 0 radical (unpaired) electrons. The summed E-state index contributed by atoms with van der Waals surface area (Å²) in [4.78, 5) is 40.5. The lowest BCUT2D eigenvalue weighted by Crippen LogP contribution is -2.52. The van der Waals surface area contributed by atoms with Gasteiger partial charge >= 0.3 is 0 Å². The van der Waals surface area contributed by atoms with Crippen LogP contribution in [0.2, 0.25) is 0 Å². The summed E-state index contributed by atoms with van der Waals surface area (Å²) in [7, 11) is 0. The smallest absolute Gasteiger partial charge is 0.255 e. The molecule has 5 rings (SSSR count). The Morgan fingerprint density at radius 3 is 2.67 bits per heavy atom. The van der Waals surface area contributed by atoms with Gasteiger partial charge in [-0.3, -0.25) is 24.6 Å². The van der Waals surface area contributed by atoms with Gasteiger partial charge in [0.25, 0.3) is 5.91 Å². The number of morpholine rings is 1. The molecule has 3 heterocycles. The third-order valence-electron chi connectivity index (χ3n) is 6.76. The van der Waals surface area contributed by atoms with Crippen molar-refractivity contribution in [2.24, 2.45) is 0 Å². The maximum atomic E-state index is 14.9. The van der Waals surface area contributed by atoms with E-state index in [-0.39, 0.29) is 44.0 Å². The van der Waals surface area contributed by atoms with E-state index in [1.807, 2.05) is 19.9 Å². The number of hydrogen-bond acceptors (Lipinski definition) is 6. The third-order valence-corrected chi connectivity index (χ3v) is 6.76. The molecule has 3 aliphatic rings. The van der Waals surface area contributed by atoms with E-state index in [1.54, 1.807) is 24.3 Å². The van der Waals surface area contributed by atoms with Crippen LogP contribution in [0.15, 0.2) is 36.4 Å². The van der Waals surface area contributed by atoms with Crippen LogP contribution < -0.4 is 10.1 Å². The van der Waals surface area contributed by atoms with Crippen LogP contribution in [0.5, 0.6) is 5.75 Å². The monoisotopic (exact) mass is 496 g/mol. The van der Waals surface area contributed by atoms with Gasteiger partial charge in [-0.25, -0.2) is 4.39 Å². The highest BCUT2D eigenvalue weighted by atomic mass is 19.1. The van der Waals surface area contributed by atoms with E-state index in [1.165, 1.54) is 6.07 Å². The molecular formula is C27H30FN3O5. The zero-order chi connectivity index (χ0) is 26.3. The number of piperidine rings is 1. The SMILES string of the molecule is [2H][C@@]1(N2Cc3c(OCc4ccc(CN5CC(C)OC(C)C5)cc4F)cccc3C2=O)CCC(=O)NC1=O. The maximum absolute atomic E-state index is 14.9. The van der Waals surface area contributed by atoms with Gasteiger partial charge in [-0.1, -0.05) is 18.2 Å². The fourth-order valence-electron chi connectivity index (χ4n) is 5.16. The van der Waals surface area contributed by atoms with E-state index >= 15 is 0 Å². The molecule has 2 saturated heterocycles. The van der Waals surface area contributed by atoms with Crippen molar-refractivity contribution < 1.29 is 29.6 Å². The molecule has 0 saturated carbocycles. The third kappa shape index (κ3) is 4.99. The Bertz CT molecular complexity index is 1250. The minimum Gasteiger partial charge on any atom is -0.488 e. The highest BCUT2D eigenvalue weighted by Gasteiger charge is 2.40. The second-order valence-corrected chi connectivity index (χ2v) is 9.66. The van der Waals surface area contributed by atoms with Gasteiger partial charge in [0.15, 0.2) is 0 Å². The number of benzene rings is 2. The first kappa shape index (κ1) is 23.1. The van der Waals surface area contributed by atoms with Gasteiger partial charge in [-0.2, -0.15) is 0 Å². The number of amides is 3. The van der Waals surface area contributed by atoms with Gasteiger partial charge in [0.1, 0.15) is 24.2 Å². The van der Waals surface area contributed by atoms with Crippen molar-refractivity contribution in [3.05, 3.63) is 64.5 Å². The molecular weight excluding hydrogens is 465 g/mol. The van der Waals surface area contributed by atoms with Crippen molar-refractivity contribution in [1.82, 2.24) is 15.1 Å². The fourth-order valence-corrected chi connectivity index (χ4v) is 5.16. The molecule has 8 nitrogen and oxygen atoms in total. The minimum absolute atomic E-state index is 0.00668. The quantitative estimate of drug-likeness (QED) is 0.619. The Kier molecular flexibility index (Phi) is 6.41. The summed E-state index contributed by atoms with van der Waals surface area (Å²) in [6.45, 7) is 6.24. The molecule has 3 amide bonds. The number of rotatable bonds is 6. The second kappa shape index (κ2) is 9.99. The number of fused-ring (bicyclic) bond motifs is 1. The van der Waals surface area contributed by atoms with Crippen LogP contribution in [0.3, 0.4) is 0 Å². The number of carbonyl (C=O) groups excluding carboxylic acids is 3. The Morgan fingerprint density at radius 2 is 1.94 bits per heavy atom. The Labute approximate surface area is 210 Å². The average Bonchev–Trinajstić information content (AvgIpc) is 3.18. The zero-order valence-corrected chi connectivity index (χ0v) is 20.4. The van der Waals surface area contributed by atoms with Crippen LogP contribution in [0.1, 0.15) is 55.1 Å². The van der Waals surface area contributed by atoms with Crippen molar-refractivity contribution in [1.29, 1.82) is 0 Å². The standard InChI is InChI=1S/C27H30FN3O5/c1-16-11-30(12-17(2)36-16)13-18-6-7-19(22(28)10-18)15-35-24-5-3-4-20-21(24)14-31(27(20)34)23-8-9-25(32)29-26(23)33/h3-7,10,16-17,23H,8-9,11-15H2,1-2H3,(H,29,32,33)/t16?,17?,23-/m1/s1/i23D. The lowest BCUT2D eigenvalue weighted by Gasteiger charge is -2.35. The highest BCUT2D eigenvalue weighted by Crippen LogP contribution is 2.34. The fraction of sp³-hybridized carbons (Fsp3) is 0.444. The number of halogens is 1. The molecule has 3 atom stereocenters. The first-order valence-electron chi connectivity index (χ1n) is 12.7. The van der Waals surface area contributed by atoms with Crippen LogP contribution >= 0.6 is 0 Å². The van der Waals surface area contributed by atoms with E-state index < -0.39 is 23.7 Å². The van der Waals surface area contributed by atoms with Crippen LogP contribution in [-0.4, -0.2) is 58.8 Å². The number of ether oxygens (including phenoxy) is 2. The van der Waals surface area contributed by atoms with Gasteiger partial charge in [-0.05, 0) is 44.0 Å². The summed E-state index contributed by atoms with van der Waals surface area (Å²) in [5, 5.41) is 2.15. The summed E-state index contributed by atoms with van der Waals surface area (Å²) >= 11 is 0. The first-order valence-corrected chi connectivity index (χ1v) is 12.2. The van der Waals surface area contributed by atoms with Crippen LogP contribution in [0.25, 0.3) is 0 Å². The summed E-state index contributed by atoms with van der Waals surface area (Å²) in [6.07, 6.45) is 0.179. The Hall–Kier alpha value is -3.30. The second-order valence-electron chi connectivity index (χ2n) is 9.66. The number of carbonyl (C=O) groups is 3. The predicted octanol–water partition coefficient (Wildman–Crippen LogP) is 2.77. The van der Waals surface area contributed by atoms with Gasteiger partial charge in [0, 0.05) is 42.7 Å². The van der Waals surface area contributed by atoms with Gasteiger partial charge in [-0.15, -0.1) is 0 Å². The Morgan fingerprint density at radius 1 is 1.17 bits per heavy atom. The van der Waals surface area contributed by atoms with Gasteiger partial charge in [0.2, 0.25) is 11.8 Å². The predicted molar refractivity (Wildman–Crippen MR) is 129 cm³/mol. The largest absolute Gasteiger partial charge is 0.488 e. The summed E-state index contributed by atoms with van der Waals surface area (Å²) in [5.41, 5.74) is 2.12. The van der Waals surface area contributed by atoms with E-state index in [9.17, 15) is 18.8 Å². The molecule has 190 valence electrons. The first-order chi connectivity index (χ1) is 17.6. The van der Waals surface area contributed by atoms with Crippen LogP contribution in [-0.2, 0) is 34.0 Å². The molecule has 36 heavy (non-hydrogen) atoms. The summed E-state index contributed by atoms with van der Waals surface area (Å²) in [6, 6.07) is 8.20. The molecule has 0 spiro atoms. The van der Waals surface area contributed by atoms with Crippen molar-refractivity contribution in [3.8, 4) is 5.75 Å². The average molecular weight is 497 g/mol. The summed E-state index contributed by atoms with van der Waals surface area (Å²) < 4.78 is 35.3. The topological polar surface area (TPSA) is 88.2 Å². The van der Waals surface area contributed by atoms with E-state index in [4.69, 9.17) is 10.8 Å². The van der Waals surface area contributed by atoms with E-state index in [0.717, 1.165) is 23.6 Å². The van der Waals surface area contributed by atoms with Crippen molar-refractivity contribution in [2.75, 3.05) is 13.1 Å². The van der Waals surface area contributed by atoms with Gasteiger partial charge in [0.05, 0.1) is 20.1 Å². The van der Waals surface area contributed by atoms with Crippen LogP contribution in [0, 0.1) is 5.82 Å². The number of hydrogen-bond donors (Lipinski definition) is 1. The number of imide groups is 1. The molecule has 0 bridgehead atoms. The lowest BCUT2D eigenvalue weighted by atomic mass is 10.0. The van der Waals surface area contributed by atoms with Crippen LogP contribution in [0.4, 0.5) is 4.39 Å². The number of nitrogens with zero attached hydrogens (tertiary/aromatic N) is 2. The molecule has 2 aromatic rings. The molecule has 2 fully saturated rings. The van der Waals surface area contributed by atoms with Gasteiger partial charge < -0.3 is 14.4 Å². The Balaban J connectivity index is 1.27. The normalized spacial score (nSPS) is 27.0. The van der Waals surface area contributed by atoms with Crippen molar-refractivity contribution >= 4 is 17.7 Å². The van der Waals surface area contributed by atoms with Crippen molar-refractivity contribution in [2.45, 2.75) is 64.6 Å². The molecule has 2 aromatic carbocycles. The van der Waals surface area contributed by atoms with E-state index in [2.05, 4.69) is 10.2 Å². The summed E-state index contributed by atoms with van der Waals surface area (Å²) in [5.74, 6) is -1.71. The molecule has 0 aliphatic carbocycles. The molecule has 9 heteroatoms. The van der Waals surface area contributed by atoms with E-state index in [0.29, 0.717) is 29.0 Å². The number of nitrogens with one attached hydrogen (secondary N) is 1. The molecule has 3 aliphatic heterocycles.